The Morgan fingerprint density at radius 3 is 2.37 bits per heavy atom. The monoisotopic (exact) mass is 373 g/mol. The van der Waals surface area contributed by atoms with Gasteiger partial charge in [-0.1, -0.05) is 18.2 Å². The molecule has 7 nitrogen and oxygen atoms in total. The summed E-state index contributed by atoms with van der Waals surface area (Å²) in [5.74, 6) is 0.691. The second kappa shape index (κ2) is 7.32. The van der Waals surface area contributed by atoms with Crippen LogP contribution in [0.3, 0.4) is 0 Å². The van der Waals surface area contributed by atoms with Crippen molar-refractivity contribution < 1.29 is 9.84 Å². The molecule has 1 N–H and O–H groups in total. The molecule has 1 aromatic heterocycles. The van der Waals surface area contributed by atoms with E-state index in [0.29, 0.717) is 49.5 Å². The van der Waals surface area contributed by atoms with Gasteiger partial charge in [0.1, 0.15) is 5.75 Å². The molecule has 1 fully saturated rings. The third-order valence-corrected chi connectivity index (χ3v) is 5.75. The van der Waals surface area contributed by atoms with E-state index in [-0.39, 0.29) is 11.2 Å². The number of hydrogen-bond acceptors (Lipinski definition) is 5. The quantitative estimate of drug-likeness (QED) is 0.861. The molecule has 0 aliphatic carbocycles. The maximum absolute atomic E-state index is 12.5. The molecule has 1 aliphatic rings. The molecule has 1 aliphatic heterocycles. The van der Waals surface area contributed by atoms with Gasteiger partial charge >= 0.3 is 5.69 Å². The highest BCUT2D eigenvalue weighted by atomic mass is 16.5. The normalized spacial score (nSPS) is 17.1. The third kappa shape index (κ3) is 3.44. The number of ether oxygens (including phenoxy) is 1. The Kier molecular flexibility index (Phi) is 5.26. The fourth-order valence-corrected chi connectivity index (χ4v) is 3.80. The van der Waals surface area contributed by atoms with E-state index in [2.05, 4.69) is 4.90 Å². The average molecular weight is 373 g/mol. The van der Waals surface area contributed by atoms with E-state index in [1.165, 1.54) is 11.6 Å². The van der Waals surface area contributed by atoms with Crippen LogP contribution in [0.25, 0.3) is 0 Å². The van der Waals surface area contributed by atoms with Crippen LogP contribution in [0.4, 0.5) is 0 Å². The van der Waals surface area contributed by atoms with Gasteiger partial charge in [-0.05, 0) is 25.8 Å². The first-order valence-corrected chi connectivity index (χ1v) is 9.12. The van der Waals surface area contributed by atoms with E-state index in [9.17, 15) is 14.7 Å². The summed E-state index contributed by atoms with van der Waals surface area (Å²) >= 11 is 0. The Morgan fingerprint density at radius 1 is 1.11 bits per heavy atom. The summed E-state index contributed by atoms with van der Waals surface area (Å²) in [6, 6.07) is 7.55. The summed E-state index contributed by atoms with van der Waals surface area (Å²) in [6.45, 7) is 3.57. The van der Waals surface area contributed by atoms with Crippen molar-refractivity contribution in [3.05, 3.63) is 61.9 Å². The SMILES string of the molecule is COc1ccccc1C1(O)CCN(Cc2c(C)n(C)c(=O)n(C)c2=O)CC1. The summed E-state index contributed by atoms with van der Waals surface area (Å²) in [4.78, 5) is 26.7. The van der Waals surface area contributed by atoms with Crippen molar-refractivity contribution >= 4 is 0 Å². The zero-order valence-corrected chi connectivity index (χ0v) is 16.4. The van der Waals surface area contributed by atoms with E-state index in [1.807, 2.05) is 24.3 Å². The maximum Gasteiger partial charge on any atom is 0.330 e. The minimum absolute atomic E-state index is 0.249. The van der Waals surface area contributed by atoms with Crippen LogP contribution in [0.1, 0.15) is 29.7 Å². The molecular formula is C20H27N3O4. The maximum atomic E-state index is 12.5. The first kappa shape index (κ1) is 19.4. The lowest BCUT2D eigenvalue weighted by Gasteiger charge is -2.39. The molecule has 0 spiro atoms. The van der Waals surface area contributed by atoms with Gasteiger partial charge in [-0.15, -0.1) is 0 Å². The van der Waals surface area contributed by atoms with Gasteiger partial charge < -0.3 is 14.4 Å². The van der Waals surface area contributed by atoms with Gasteiger partial charge in [0, 0.05) is 45.0 Å². The van der Waals surface area contributed by atoms with Crippen LogP contribution in [-0.4, -0.2) is 39.3 Å². The molecule has 0 unspecified atom stereocenters. The largest absolute Gasteiger partial charge is 0.496 e. The smallest absolute Gasteiger partial charge is 0.330 e. The molecule has 3 rings (SSSR count). The lowest BCUT2D eigenvalue weighted by Crippen LogP contribution is -2.45. The summed E-state index contributed by atoms with van der Waals surface area (Å²) in [5.41, 5.74) is 0.621. The summed E-state index contributed by atoms with van der Waals surface area (Å²) in [7, 11) is 4.79. The first-order chi connectivity index (χ1) is 12.8. The van der Waals surface area contributed by atoms with Crippen LogP contribution in [0.2, 0.25) is 0 Å². The zero-order chi connectivity index (χ0) is 19.8. The van der Waals surface area contributed by atoms with E-state index in [4.69, 9.17) is 4.74 Å². The van der Waals surface area contributed by atoms with Crippen LogP contribution < -0.4 is 16.0 Å². The molecule has 2 heterocycles. The minimum Gasteiger partial charge on any atom is -0.496 e. The van der Waals surface area contributed by atoms with Crippen LogP contribution in [0.15, 0.2) is 33.9 Å². The standard InChI is InChI=1S/C20H27N3O4/c1-14-15(18(24)22(3)19(25)21(14)2)13-23-11-9-20(26,10-12-23)16-7-5-6-8-17(16)27-4/h5-8,26H,9-13H2,1-4H3. The molecule has 0 amide bonds. The third-order valence-electron chi connectivity index (χ3n) is 5.75. The fourth-order valence-electron chi connectivity index (χ4n) is 3.80. The molecule has 146 valence electrons. The van der Waals surface area contributed by atoms with Crippen molar-refractivity contribution in [3.63, 3.8) is 0 Å². The Labute approximate surface area is 158 Å². The highest BCUT2D eigenvalue weighted by molar-refractivity contribution is 5.38. The zero-order valence-electron chi connectivity index (χ0n) is 16.4. The fraction of sp³-hybridized carbons (Fsp3) is 0.500. The van der Waals surface area contributed by atoms with E-state index < -0.39 is 5.60 Å². The number of methoxy groups -OCH3 is 1. The summed E-state index contributed by atoms with van der Waals surface area (Å²) in [6.07, 6.45) is 1.11. The van der Waals surface area contributed by atoms with Gasteiger partial charge in [0.05, 0.1) is 18.3 Å². The van der Waals surface area contributed by atoms with Gasteiger partial charge in [0.25, 0.3) is 5.56 Å². The number of hydrogen-bond donors (Lipinski definition) is 1. The van der Waals surface area contributed by atoms with Gasteiger partial charge in [-0.2, -0.15) is 0 Å². The minimum atomic E-state index is -0.938. The van der Waals surface area contributed by atoms with Crippen LogP contribution in [-0.2, 0) is 26.2 Å². The van der Waals surface area contributed by atoms with E-state index in [0.717, 1.165) is 10.1 Å². The number of para-hydroxylation sites is 1. The van der Waals surface area contributed by atoms with Crippen molar-refractivity contribution in [2.45, 2.75) is 31.9 Å². The van der Waals surface area contributed by atoms with E-state index >= 15 is 0 Å². The topological polar surface area (TPSA) is 76.7 Å². The number of piperidine rings is 1. The van der Waals surface area contributed by atoms with Gasteiger partial charge in [-0.25, -0.2) is 4.79 Å². The lowest BCUT2D eigenvalue weighted by atomic mass is 9.83. The second-order valence-electron chi connectivity index (χ2n) is 7.28. The molecule has 27 heavy (non-hydrogen) atoms. The molecular weight excluding hydrogens is 346 g/mol. The average Bonchev–Trinajstić information content (AvgIpc) is 2.69. The highest BCUT2D eigenvalue weighted by Gasteiger charge is 2.36. The van der Waals surface area contributed by atoms with Gasteiger partial charge in [0.15, 0.2) is 0 Å². The molecule has 2 aromatic rings. The molecule has 0 saturated carbocycles. The van der Waals surface area contributed by atoms with Crippen molar-refractivity contribution in [3.8, 4) is 5.75 Å². The number of rotatable bonds is 4. The Balaban J connectivity index is 1.80. The van der Waals surface area contributed by atoms with Crippen LogP contribution >= 0.6 is 0 Å². The predicted molar refractivity (Wildman–Crippen MR) is 103 cm³/mol. The first-order valence-electron chi connectivity index (χ1n) is 9.12. The second-order valence-corrected chi connectivity index (χ2v) is 7.28. The molecule has 7 heteroatoms. The van der Waals surface area contributed by atoms with Gasteiger partial charge in [0.2, 0.25) is 0 Å². The molecule has 1 aromatic carbocycles. The highest BCUT2D eigenvalue weighted by Crippen LogP contribution is 2.38. The number of aliphatic hydroxyl groups is 1. The molecule has 0 atom stereocenters. The van der Waals surface area contributed by atoms with Crippen LogP contribution in [0, 0.1) is 6.92 Å². The predicted octanol–water partition coefficient (Wildman–Crippen LogP) is 0.885. The van der Waals surface area contributed by atoms with Crippen molar-refractivity contribution in [2.24, 2.45) is 14.1 Å². The molecule has 1 saturated heterocycles. The molecule has 0 radical (unpaired) electrons. The molecule has 0 bridgehead atoms. The Hall–Kier alpha value is -2.38. The van der Waals surface area contributed by atoms with Gasteiger partial charge in [-0.3, -0.25) is 14.3 Å². The summed E-state index contributed by atoms with van der Waals surface area (Å²) < 4.78 is 8.06. The summed E-state index contributed by atoms with van der Waals surface area (Å²) in [5, 5.41) is 11.2. The van der Waals surface area contributed by atoms with Crippen molar-refractivity contribution in [2.75, 3.05) is 20.2 Å². The Bertz CT molecular complexity index is 953. The van der Waals surface area contributed by atoms with E-state index in [1.54, 1.807) is 21.1 Å². The van der Waals surface area contributed by atoms with Crippen LogP contribution in [0.5, 0.6) is 5.75 Å². The van der Waals surface area contributed by atoms with Crippen molar-refractivity contribution in [1.82, 2.24) is 14.0 Å². The Morgan fingerprint density at radius 2 is 1.74 bits per heavy atom. The lowest BCUT2D eigenvalue weighted by molar-refractivity contribution is -0.0294. The number of likely N-dealkylation sites (tertiary alicyclic amines) is 1. The number of nitrogens with zero attached hydrogens (tertiary/aromatic N) is 3. The van der Waals surface area contributed by atoms with Crippen molar-refractivity contribution in [1.29, 1.82) is 0 Å². The number of aromatic nitrogens is 2. The number of benzene rings is 1.